The topological polar surface area (TPSA) is 9.23 Å². The minimum atomic E-state index is 0.00733. The highest BCUT2D eigenvalue weighted by atomic mass is 16.5. The zero-order valence-electron chi connectivity index (χ0n) is 31.2. The fourth-order valence-corrected chi connectivity index (χ4v) is 9.03. The molecule has 0 radical (unpaired) electrons. The fourth-order valence-electron chi connectivity index (χ4n) is 9.03. The molecular formula is C46H74O. The lowest BCUT2D eigenvalue weighted by atomic mass is 9.70. The molecule has 0 aromatic heterocycles. The van der Waals surface area contributed by atoms with Gasteiger partial charge in [-0.25, -0.2) is 0 Å². The van der Waals surface area contributed by atoms with Crippen molar-refractivity contribution < 1.29 is 4.74 Å². The van der Waals surface area contributed by atoms with Crippen LogP contribution in [0.4, 0.5) is 0 Å². The molecule has 0 fully saturated rings. The quantitative estimate of drug-likeness (QED) is 0.262. The van der Waals surface area contributed by atoms with Crippen LogP contribution in [-0.4, -0.2) is 13.2 Å². The summed E-state index contributed by atoms with van der Waals surface area (Å²) in [6.45, 7) is 6.30. The van der Waals surface area contributed by atoms with E-state index in [1.165, 1.54) is 178 Å². The first kappa shape index (κ1) is 38.2. The average molecular weight is 643 g/mol. The Kier molecular flexibility index (Phi) is 18.0. The molecule has 47 heavy (non-hydrogen) atoms. The molecule has 1 heteroatoms. The number of rotatable bonds is 6. The summed E-state index contributed by atoms with van der Waals surface area (Å²) >= 11 is 0. The van der Waals surface area contributed by atoms with Crippen molar-refractivity contribution in [3.05, 3.63) is 70.9 Å². The highest BCUT2D eigenvalue weighted by Crippen LogP contribution is 2.45. The first-order chi connectivity index (χ1) is 23.1. The van der Waals surface area contributed by atoms with Crippen LogP contribution in [0.3, 0.4) is 0 Å². The summed E-state index contributed by atoms with van der Waals surface area (Å²) in [5.74, 6) is 0. The Hall–Kier alpha value is -1.60. The second-order valence-electron chi connectivity index (χ2n) is 16.2. The molecule has 0 spiro atoms. The SMILES string of the molecule is CC1=CC=CC(COCC2(/C3=C/CCCCCCCCCCCCC3)C=CC=C(C)C2)(/C2=C/CCCCCCCCCCCCC2)C1. The van der Waals surface area contributed by atoms with Crippen LogP contribution in [0, 0.1) is 10.8 Å². The summed E-state index contributed by atoms with van der Waals surface area (Å²) in [5, 5.41) is 0. The molecular weight excluding hydrogens is 569 g/mol. The van der Waals surface area contributed by atoms with Crippen molar-refractivity contribution in [1.29, 1.82) is 0 Å². The molecule has 4 aliphatic rings. The Morgan fingerprint density at radius 1 is 0.447 bits per heavy atom. The first-order valence-corrected chi connectivity index (χ1v) is 20.8. The van der Waals surface area contributed by atoms with Gasteiger partial charge in [-0.3, -0.25) is 0 Å². The van der Waals surface area contributed by atoms with Crippen molar-refractivity contribution in [2.45, 2.75) is 194 Å². The summed E-state index contributed by atoms with van der Waals surface area (Å²) in [7, 11) is 0. The third-order valence-corrected chi connectivity index (χ3v) is 11.9. The van der Waals surface area contributed by atoms with Crippen LogP contribution in [0.1, 0.15) is 194 Å². The van der Waals surface area contributed by atoms with Gasteiger partial charge in [0.2, 0.25) is 0 Å². The monoisotopic (exact) mass is 643 g/mol. The van der Waals surface area contributed by atoms with E-state index in [9.17, 15) is 0 Å². The minimum Gasteiger partial charge on any atom is -0.379 e. The number of hydrogen-bond donors (Lipinski definition) is 0. The molecule has 0 saturated carbocycles. The molecule has 264 valence electrons. The van der Waals surface area contributed by atoms with Crippen LogP contribution < -0.4 is 0 Å². The van der Waals surface area contributed by atoms with Crippen molar-refractivity contribution in [1.82, 2.24) is 0 Å². The highest BCUT2D eigenvalue weighted by Gasteiger charge is 2.37. The lowest BCUT2D eigenvalue weighted by Crippen LogP contribution is -2.34. The zero-order chi connectivity index (χ0) is 32.9. The summed E-state index contributed by atoms with van der Waals surface area (Å²) in [4.78, 5) is 0. The van der Waals surface area contributed by atoms with Crippen molar-refractivity contribution in [2.75, 3.05) is 13.2 Å². The van der Waals surface area contributed by atoms with E-state index in [4.69, 9.17) is 4.74 Å². The van der Waals surface area contributed by atoms with Gasteiger partial charge in [0.15, 0.2) is 0 Å². The van der Waals surface area contributed by atoms with Gasteiger partial charge in [0.25, 0.3) is 0 Å². The van der Waals surface area contributed by atoms with E-state index in [1.54, 1.807) is 11.1 Å². The van der Waals surface area contributed by atoms with Crippen molar-refractivity contribution >= 4 is 0 Å². The second kappa shape index (κ2) is 22.2. The van der Waals surface area contributed by atoms with Crippen molar-refractivity contribution in [2.24, 2.45) is 10.8 Å². The Labute approximate surface area is 292 Å². The Balaban J connectivity index is 1.51. The summed E-state index contributed by atoms with van der Waals surface area (Å²) in [5.41, 5.74) is 6.37. The molecule has 0 heterocycles. The van der Waals surface area contributed by atoms with Gasteiger partial charge in [0.05, 0.1) is 13.2 Å². The summed E-state index contributed by atoms with van der Waals surface area (Å²) in [6, 6.07) is 0. The van der Waals surface area contributed by atoms with Gasteiger partial charge < -0.3 is 4.74 Å². The van der Waals surface area contributed by atoms with E-state index in [-0.39, 0.29) is 10.8 Å². The average Bonchev–Trinajstić information content (AvgIpc) is 3.08. The smallest absolute Gasteiger partial charge is 0.0598 e. The molecule has 0 aromatic carbocycles. The van der Waals surface area contributed by atoms with Crippen molar-refractivity contribution in [3.8, 4) is 0 Å². The molecule has 1 nitrogen and oxygen atoms in total. The van der Waals surface area contributed by atoms with Gasteiger partial charge in [0, 0.05) is 10.8 Å². The molecule has 0 N–H and O–H groups in total. The van der Waals surface area contributed by atoms with Crippen molar-refractivity contribution in [3.63, 3.8) is 0 Å². The van der Waals surface area contributed by atoms with Crippen LogP contribution in [0.15, 0.2) is 70.9 Å². The standard InChI is InChI=1S/C46H74O/c1-41-29-27-35-45(37-41,43-31-23-19-15-11-7-3-4-8-12-16-20-24-32-43)39-47-40-46(36-28-30-42(2)38-46)44-33-25-21-17-13-9-5-6-10-14-18-22-26-34-44/h27-31,33,35-36H,3-26,32,34,37-40H2,1-2H3/b43-31+,44-33+. The molecule has 2 atom stereocenters. The predicted molar refractivity (Wildman–Crippen MR) is 207 cm³/mol. The van der Waals surface area contributed by atoms with E-state index in [0.29, 0.717) is 0 Å². The maximum absolute atomic E-state index is 7.14. The molecule has 0 aliphatic heterocycles. The number of hydrogen-bond acceptors (Lipinski definition) is 1. The molecule has 0 amide bonds. The molecule has 0 saturated heterocycles. The van der Waals surface area contributed by atoms with Gasteiger partial charge in [-0.2, -0.15) is 0 Å². The molecule has 4 rings (SSSR count). The van der Waals surface area contributed by atoms with Gasteiger partial charge in [0.1, 0.15) is 0 Å². The van der Waals surface area contributed by atoms with Crippen LogP contribution in [-0.2, 0) is 4.74 Å². The number of ether oxygens (including phenoxy) is 1. The van der Waals surface area contributed by atoms with Crippen LogP contribution in [0.25, 0.3) is 0 Å². The Morgan fingerprint density at radius 3 is 1.11 bits per heavy atom. The van der Waals surface area contributed by atoms with Crippen LogP contribution in [0.2, 0.25) is 0 Å². The minimum absolute atomic E-state index is 0.00733. The summed E-state index contributed by atoms with van der Waals surface area (Å²) in [6.07, 6.45) is 57.9. The maximum atomic E-state index is 7.14. The predicted octanol–water partition coefficient (Wildman–Crippen LogP) is 14.8. The van der Waals surface area contributed by atoms with E-state index >= 15 is 0 Å². The van der Waals surface area contributed by atoms with E-state index in [1.807, 2.05) is 0 Å². The van der Waals surface area contributed by atoms with E-state index < -0.39 is 0 Å². The highest BCUT2D eigenvalue weighted by molar-refractivity contribution is 5.34. The summed E-state index contributed by atoms with van der Waals surface area (Å²) < 4.78 is 7.14. The second-order valence-corrected chi connectivity index (χ2v) is 16.2. The number of allylic oxidation sites excluding steroid dienone is 8. The lowest BCUT2D eigenvalue weighted by Gasteiger charge is -2.40. The largest absolute Gasteiger partial charge is 0.379 e. The molecule has 0 aromatic rings. The molecule has 4 aliphatic carbocycles. The maximum Gasteiger partial charge on any atom is 0.0598 e. The van der Waals surface area contributed by atoms with Gasteiger partial charge in [-0.05, 0) is 78.1 Å². The van der Waals surface area contributed by atoms with E-state index in [2.05, 4.69) is 62.5 Å². The fraction of sp³-hybridized carbons (Fsp3) is 0.739. The normalized spacial score (nSPS) is 31.4. The molecule has 2 unspecified atom stereocenters. The van der Waals surface area contributed by atoms with Gasteiger partial charge >= 0.3 is 0 Å². The molecule has 0 bridgehead atoms. The Morgan fingerprint density at radius 2 is 0.766 bits per heavy atom. The van der Waals surface area contributed by atoms with E-state index in [0.717, 1.165) is 26.1 Å². The van der Waals surface area contributed by atoms with Gasteiger partial charge in [-0.15, -0.1) is 0 Å². The third kappa shape index (κ3) is 13.7. The third-order valence-electron chi connectivity index (χ3n) is 11.9. The lowest BCUT2D eigenvalue weighted by molar-refractivity contribution is 0.0418. The Bertz CT molecular complexity index is 981. The van der Waals surface area contributed by atoms with Crippen LogP contribution in [0.5, 0.6) is 0 Å². The van der Waals surface area contributed by atoms with Crippen LogP contribution >= 0.6 is 0 Å². The first-order valence-electron chi connectivity index (χ1n) is 20.8. The zero-order valence-corrected chi connectivity index (χ0v) is 31.2. The van der Waals surface area contributed by atoms with Gasteiger partial charge in [-0.1, -0.05) is 186 Å².